The van der Waals surface area contributed by atoms with Crippen LogP contribution in [0.4, 0.5) is 0 Å². The number of fused-ring (bicyclic) bond motifs is 10. The molecule has 64 heavy (non-hydrogen) atoms. The minimum absolute atomic E-state index is 0.891. The Hall–Kier alpha value is -8.46. The van der Waals surface area contributed by atoms with Crippen molar-refractivity contribution in [3.63, 3.8) is 0 Å². The van der Waals surface area contributed by atoms with Gasteiger partial charge in [0, 0.05) is 32.7 Å². The Bertz CT molecular complexity index is 4270. The van der Waals surface area contributed by atoms with E-state index in [-0.39, 0.29) is 0 Å². The fourth-order valence-corrected chi connectivity index (χ4v) is 11.4. The van der Waals surface area contributed by atoms with E-state index in [1.807, 2.05) is 0 Å². The van der Waals surface area contributed by atoms with E-state index in [4.69, 9.17) is 8.83 Å². The Kier molecular flexibility index (Phi) is 6.71. The van der Waals surface area contributed by atoms with Crippen LogP contribution in [0.3, 0.4) is 0 Å². The SMILES string of the molecule is c1ccc2c(-c3cccc4c(-c5cc6cccc7ccc8cccc5c8c76)c5cccc(-c6c7ccccc7cc7c6oc6ccccc67)c5cc34)c3oc4ccccc4c3cc2c1. The van der Waals surface area contributed by atoms with Crippen molar-refractivity contribution in [3.05, 3.63) is 206 Å². The molecule has 2 aromatic heterocycles. The lowest BCUT2D eigenvalue weighted by Gasteiger charge is -2.21. The highest BCUT2D eigenvalue weighted by atomic mass is 16.3. The molecule has 0 N–H and O–H groups in total. The van der Waals surface area contributed by atoms with Crippen LogP contribution in [0.1, 0.15) is 0 Å². The smallest absolute Gasteiger partial charge is 0.143 e. The van der Waals surface area contributed by atoms with Gasteiger partial charge in [-0.15, -0.1) is 0 Å². The predicted molar refractivity (Wildman–Crippen MR) is 271 cm³/mol. The fraction of sp³-hybridized carbons (Fsp3) is 0. The lowest BCUT2D eigenvalue weighted by Crippen LogP contribution is -1.94. The summed E-state index contributed by atoms with van der Waals surface area (Å²) in [6, 6.07) is 75.7. The average Bonchev–Trinajstić information content (AvgIpc) is 3.91. The summed E-state index contributed by atoms with van der Waals surface area (Å²) in [6.45, 7) is 0. The van der Waals surface area contributed by atoms with Crippen molar-refractivity contribution in [2.75, 3.05) is 0 Å². The zero-order valence-electron chi connectivity index (χ0n) is 34.4. The van der Waals surface area contributed by atoms with Gasteiger partial charge in [-0.3, -0.25) is 0 Å². The molecule has 0 amide bonds. The third-order valence-electron chi connectivity index (χ3n) is 14.1. The third kappa shape index (κ3) is 4.53. The normalized spacial score (nSPS) is 12.4. The van der Waals surface area contributed by atoms with Crippen LogP contribution in [-0.2, 0) is 0 Å². The van der Waals surface area contributed by atoms with E-state index in [9.17, 15) is 0 Å². The first-order valence-electron chi connectivity index (χ1n) is 22.1. The van der Waals surface area contributed by atoms with E-state index in [2.05, 4.69) is 206 Å². The summed E-state index contributed by atoms with van der Waals surface area (Å²) in [4.78, 5) is 0. The van der Waals surface area contributed by atoms with E-state index in [1.165, 1.54) is 75.8 Å². The fourth-order valence-electron chi connectivity index (χ4n) is 11.4. The summed E-state index contributed by atoms with van der Waals surface area (Å²) in [5.41, 5.74) is 10.5. The monoisotopic (exact) mass is 810 g/mol. The Morgan fingerprint density at radius 2 is 0.656 bits per heavy atom. The molecule has 2 heterocycles. The van der Waals surface area contributed by atoms with Crippen molar-refractivity contribution in [1.82, 2.24) is 0 Å². The zero-order valence-corrected chi connectivity index (χ0v) is 34.4. The first-order chi connectivity index (χ1) is 31.7. The molecule has 15 aromatic rings. The highest BCUT2D eigenvalue weighted by Gasteiger charge is 2.25. The maximum absolute atomic E-state index is 6.93. The third-order valence-corrected chi connectivity index (χ3v) is 14.1. The van der Waals surface area contributed by atoms with Gasteiger partial charge >= 0.3 is 0 Å². The van der Waals surface area contributed by atoms with Gasteiger partial charge in [0.05, 0.1) is 0 Å². The van der Waals surface area contributed by atoms with Crippen LogP contribution in [-0.4, -0.2) is 0 Å². The van der Waals surface area contributed by atoms with Gasteiger partial charge in [-0.05, 0) is 134 Å². The maximum Gasteiger partial charge on any atom is 0.143 e. The van der Waals surface area contributed by atoms with E-state index < -0.39 is 0 Å². The first-order valence-corrected chi connectivity index (χ1v) is 22.1. The van der Waals surface area contributed by atoms with Crippen molar-refractivity contribution < 1.29 is 8.83 Å². The second kappa shape index (κ2) is 12.6. The second-order valence-corrected chi connectivity index (χ2v) is 17.4. The lowest BCUT2D eigenvalue weighted by molar-refractivity contribution is 0.670. The Balaban J connectivity index is 1.17. The minimum atomic E-state index is 0.891. The molecule has 0 aliphatic carbocycles. The van der Waals surface area contributed by atoms with Gasteiger partial charge in [0.25, 0.3) is 0 Å². The van der Waals surface area contributed by atoms with Gasteiger partial charge in [0.1, 0.15) is 22.3 Å². The van der Waals surface area contributed by atoms with Crippen LogP contribution < -0.4 is 0 Å². The van der Waals surface area contributed by atoms with Crippen LogP contribution in [0.2, 0.25) is 0 Å². The first kappa shape index (κ1) is 34.2. The molecule has 2 heteroatoms. The summed E-state index contributed by atoms with van der Waals surface area (Å²) >= 11 is 0. The topological polar surface area (TPSA) is 26.3 Å². The van der Waals surface area contributed by atoms with Gasteiger partial charge in [-0.1, -0.05) is 170 Å². The summed E-state index contributed by atoms with van der Waals surface area (Å²) in [7, 11) is 0. The van der Waals surface area contributed by atoms with Gasteiger partial charge < -0.3 is 8.83 Å². The Labute approximate surface area is 366 Å². The highest BCUT2D eigenvalue weighted by molar-refractivity contribution is 6.32. The molecule has 15 rings (SSSR count). The molecule has 0 aliphatic heterocycles. The summed E-state index contributed by atoms with van der Waals surface area (Å²) < 4.78 is 13.9. The molecule has 0 spiro atoms. The molecule has 294 valence electrons. The van der Waals surface area contributed by atoms with Crippen molar-refractivity contribution in [2.45, 2.75) is 0 Å². The minimum Gasteiger partial charge on any atom is -0.455 e. The lowest BCUT2D eigenvalue weighted by atomic mass is 9.82. The van der Waals surface area contributed by atoms with Crippen molar-refractivity contribution in [3.8, 4) is 33.4 Å². The predicted octanol–water partition coefficient (Wildman–Crippen LogP) is 18.0. The highest BCUT2D eigenvalue weighted by Crippen LogP contribution is 2.51. The molecule has 0 saturated carbocycles. The van der Waals surface area contributed by atoms with Gasteiger partial charge in [-0.25, -0.2) is 0 Å². The summed E-state index contributed by atoms with van der Waals surface area (Å²) in [5.74, 6) is 0. The van der Waals surface area contributed by atoms with Gasteiger partial charge in [0.15, 0.2) is 0 Å². The number of benzene rings is 13. The molecule has 2 nitrogen and oxygen atoms in total. The van der Waals surface area contributed by atoms with E-state index in [0.717, 1.165) is 76.9 Å². The molecule has 0 atom stereocenters. The van der Waals surface area contributed by atoms with E-state index >= 15 is 0 Å². The van der Waals surface area contributed by atoms with Crippen LogP contribution in [0, 0.1) is 0 Å². The van der Waals surface area contributed by atoms with Crippen LogP contribution >= 0.6 is 0 Å². The number of hydrogen-bond donors (Lipinski definition) is 0. The number of rotatable bonds is 3. The van der Waals surface area contributed by atoms with Crippen LogP contribution in [0.5, 0.6) is 0 Å². The molecule has 0 unspecified atom stereocenters. The molecule has 13 aromatic carbocycles. The Morgan fingerprint density at radius 3 is 1.25 bits per heavy atom. The number of hydrogen-bond acceptors (Lipinski definition) is 2. The van der Waals surface area contributed by atoms with Crippen LogP contribution in [0.15, 0.2) is 215 Å². The molecular weight excluding hydrogens is 777 g/mol. The van der Waals surface area contributed by atoms with Crippen molar-refractivity contribution in [2.24, 2.45) is 0 Å². The zero-order chi connectivity index (χ0) is 41.6. The average molecular weight is 811 g/mol. The summed E-state index contributed by atoms with van der Waals surface area (Å²) in [5, 5.41) is 21.5. The largest absolute Gasteiger partial charge is 0.455 e. The number of para-hydroxylation sites is 2. The molecule has 0 aliphatic rings. The van der Waals surface area contributed by atoms with Crippen molar-refractivity contribution >= 4 is 119 Å². The maximum atomic E-state index is 6.93. The molecule has 0 saturated heterocycles. The van der Waals surface area contributed by atoms with E-state index in [1.54, 1.807) is 0 Å². The Morgan fingerprint density at radius 1 is 0.219 bits per heavy atom. The molecule has 0 bridgehead atoms. The molecule has 0 radical (unpaired) electrons. The van der Waals surface area contributed by atoms with Crippen LogP contribution in [0.25, 0.3) is 153 Å². The molecule has 0 fully saturated rings. The van der Waals surface area contributed by atoms with Gasteiger partial charge in [0.2, 0.25) is 0 Å². The second-order valence-electron chi connectivity index (χ2n) is 17.4. The van der Waals surface area contributed by atoms with E-state index in [0.29, 0.717) is 0 Å². The molecular formula is C62H34O2. The quantitative estimate of drug-likeness (QED) is 0.131. The summed E-state index contributed by atoms with van der Waals surface area (Å²) in [6.07, 6.45) is 0. The van der Waals surface area contributed by atoms with Gasteiger partial charge in [-0.2, -0.15) is 0 Å². The number of furan rings is 2. The van der Waals surface area contributed by atoms with Crippen molar-refractivity contribution in [1.29, 1.82) is 0 Å². The standard InChI is InChI=1S/C62H34O2/c1-3-18-40-37(13-1)31-52-42-20-5-7-27-54(42)63-61(52)59(40)46-25-11-23-44-49(46)34-50-45(58(44)51-33-39-17-9-15-35-29-30-36-16-10-22-48(51)57(36)56(35)39)24-12-26-47(50)60-41-19-4-2-14-38(41)32-53-43-21-6-8-28-55(43)64-62(53)60/h1-34H.